The van der Waals surface area contributed by atoms with Gasteiger partial charge in [0.05, 0.1) is 17.2 Å². The van der Waals surface area contributed by atoms with E-state index in [-0.39, 0.29) is 52.9 Å². The van der Waals surface area contributed by atoms with Crippen molar-refractivity contribution < 1.29 is 24.2 Å². The zero-order valence-electron chi connectivity index (χ0n) is 24.1. The highest BCUT2D eigenvalue weighted by molar-refractivity contribution is 5.89. The van der Waals surface area contributed by atoms with Crippen molar-refractivity contribution in [2.24, 2.45) is 40.4 Å². The predicted octanol–water partition coefficient (Wildman–Crippen LogP) is 7.09. The second kappa shape index (κ2) is 10.6. The van der Waals surface area contributed by atoms with E-state index in [4.69, 9.17) is 9.47 Å². The first kappa shape index (κ1) is 27.5. The summed E-state index contributed by atoms with van der Waals surface area (Å²) in [4.78, 5) is 25.6. The molecule has 10 atom stereocenters. The quantitative estimate of drug-likeness (QED) is 0.407. The first-order valence-corrected chi connectivity index (χ1v) is 15.4. The maximum atomic E-state index is 12.8. The third-order valence-corrected chi connectivity index (χ3v) is 11.8. The first-order chi connectivity index (χ1) is 19.2. The standard InChI is InChI=1S/C35H44O5/c1-22(39-32(37)23-10-6-4-7-11-23)28-16-17-29-27-15-14-25-20-26(40-33(38)24-12-8-5-9-13-24)18-19-34(25,2)31(27)30(36)21-35(28,29)3/h4-13,22,25-31,36H,14-21H2,1-3H3/t22-,25+,26+,27-,28-,29+,30+,31-,34-,35-/m0/s1. The third kappa shape index (κ3) is 4.68. The van der Waals surface area contributed by atoms with Crippen LogP contribution in [0, 0.1) is 40.4 Å². The van der Waals surface area contributed by atoms with E-state index >= 15 is 0 Å². The molecule has 2 aromatic carbocycles. The van der Waals surface area contributed by atoms with E-state index in [1.165, 1.54) is 0 Å². The summed E-state index contributed by atoms with van der Waals surface area (Å²) in [5.41, 5.74) is 1.22. The van der Waals surface area contributed by atoms with E-state index in [0.29, 0.717) is 28.9 Å². The van der Waals surface area contributed by atoms with Crippen molar-refractivity contribution in [3.8, 4) is 0 Å². The number of fused-ring (bicyclic) bond motifs is 5. The van der Waals surface area contributed by atoms with Crippen LogP contribution in [0.15, 0.2) is 60.7 Å². The number of aliphatic hydroxyl groups is 1. The van der Waals surface area contributed by atoms with Crippen LogP contribution in [0.2, 0.25) is 0 Å². The summed E-state index contributed by atoms with van der Waals surface area (Å²) in [6, 6.07) is 18.5. The van der Waals surface area contributed by atoms with E-state index in [1.54, 1.807) is 12.1 Å². The van der Waals surface area contributed by atoms with Gasteiger partial charge in [-0.1, -0.05) is 50.2 Å². The molecular formula is C35H44O5. The average Bonchev–Trinajstić information content (AvgIpc) is 3.30. The summed E-state index contributed by atoms with van der Waals surface area (Å²) in [5, 5.41) is 11.8. The molecule has 0 amide bonds. The molecule has 214 valence electrons. The molecule has 0 unspecified atom stereocenters. The summed E-state index contributed by atoms with van der Waals surface area (Å²) >= 11 is 0. The zero-order valence-corrected chi connectivity index (χ0v) is 24.1. The average molecular weight is 545 g/mol. The van der Waals surface area contributed by atoms with Crippen LogP contribution in [0.1, 0.15) is 92.9 Å². The summed E-state index contributed by atoms with van der Waals surface area (Å²) in [5.74, 6) is 1.52. The molecule has 40 heavy (non-hydrogen) atoms. The topological polar surface area (TPSA) is 72.8 Å². The van der Waals surface area contributed by atoms with E-state index < -0.39 is 0 Å². The highest BCUT2D eigenvalue weighted by Gasteiger charge is 2.64. The molecule has 4 aliphatic rings. The molecule has 6 rings (SSSR count). The zero-order chi connectivity index (χ0) is 28.1. The van der Waals surface area contributed by atoms with Gasteiger partial charge < -0.3 is 14.6 Å². The monoisotopic (exact) mass is 544 g/mol. The van der Waals surface area contributed by atoms with Crippen molar-refractivity contribution in [2.45, 2.75) is 90.4 Å². The highest BCUT2D eigenvalue weighted by Crippen LogP contribution is 2.68. The van der Waals surface area contributed by atoms with E-state index in [2.05, 4.69) is 13.8 Å². The van der Waals surface area contributed by atoms with Crippen molar-refractivity contribution in [3.63, 3.8) is 0 Å². The molecule has 0 aliphatic heterocycles. The first-order valence-electron chi connectivity index (χ1n) is 15.4. The molecule has 0 spiro atoms. The van der Waals surface area contributed by atoms with Gasteiger partial charge >= 0.3 is 11.9 Å². The normalized spacial score (nSPS) is 39.2. The number of hydrogen-bond donors (Lipinski definition) is 1. The number of rotatable bonds is 5. The van der Waals surface area contributed by atoms with E-state index in [0.717, 1.165) is 51.4 Å². The van der Waals surface area contributed by atoms with Crippen LogP contribution in [0.25, 0.3) is 0 Å². The lowest BCUT2D eigenvalue weighted by molar-refractivity contribution is -0.182. The van der Waals surface area contributed by atoms with Gasteiger partial charge in [0, 0.05) is 5.92 Å². The number of hydrogen-bond acceptors (Lipinski definition) is 5. The smallest absolute Gasteiger partial charge is 0.338 e. The molecule has 5 heteroatoms. The molecule has 0 aromatic heterocycles. The molecule has 0 radical (unpaired) electrons. The largest absolute Gasteiger partial charge is 0.459 e. The Morgan fingerprint density at radius 2 is 1.50 bits per heavy atom. The highest BCUT2D eigenvalue weighted by atomic mass is 16.5. The fourth-order valence-electron chi connectivity index (χ4n) is 9.95. The summed E-state index contributed by atoms with van der Waals surface area (Å²) in [7, 11) is 0. The van der Waals surface area contributed by atoms with Gasteiger partial charge in [-0.3, -0.25) is 0 Å². The summed E-state index contributed by atoms with van der Waals surface area (Å²) < 4.78 is 12.0. The van der Waals surface area contributed by atoms with E-state index in [9.17, 15) is 14.7 Å². The van der Waals surface area contributed by atoms with Crippen molar-refractivity contribution in [1.82, 2.24) is 0 Å². The Hall–Kier alpha value is -2.66. The second-order valence-electron chi connectivity index (χ2n) is 13.7. The Morgan fingerprint density at radius 1 is 0.850 bits per heavy atom. The molecular weight excluding hydrogens is 500 g/mol. The Morgan fingerprint density at radius 3 is 2.17 bits per heavy atom. The molecule has 0 bridgehead atoms. The van der Waals surface area contributed by atoms with Gasteiger partial charge in [0.1, 0.15) is 12.2 Å². The maximum Gasteiger partial charge on any atom is 0.338 e. The van der Waals surface area contributed by atoms with Gasteiger partial charge in [0.2, 0.25) is 0 Å². The number of esters is 2. The molecule has 2 aromatic rings. The van der Waals surface area contributed by atoms with Crippen LogP contribution in [0.4, 0.5) is 0 Å². The van der Waals surface area contributed by atoms with Gasteiger partial charge in [-0.25, -0.2) is 9.59 Å². The van der Waals surface area contributed by atoms with Crippen LogP contribution < -0.4 is 0 Å². The van der Waals surface area contributed by atoms with Gasteiger partial charge in [0.15, 0.2) is 0 Å². The van der Waals surface area contributed by atoms with Crippen LogP contribution in [0.3, 0.4) is 0 Å². The van der Waals surface area contributed by atoms with Crippen LogP contribution in [0.5, 0.6) is 0 Å². The van der Waals surface area contributed by atoms with Gasteiger partial charge in [0.25, 0.3) is 0 Å². The Kier molecular flexibility index (Phi) is 7.31. The fraction of sp³-hybridized carbons (Fsp3) is 0.600. The Bertz CT molecular complexity index is 1210. The molecule has 5 nitrogen and oxygen atoms in total. The lowest BCUT2D eigenvalue weighted by atomic mass is 9.43. The minimum Gasteiger partial charge on any atom is -0.459 e. The number of ether oxygens (including phenoxy) is 2. The predicted molar refractivity (Wildman–Crippen MR) is 154 cm³/mol. The van der Waals surface area contributed by atoms with Crippen molar-refractivity contribution in [2.75, 3.05) is 0 Å². The minimum absolute atomic E-state index is 0.0391. The lowest BCUT2D eigenvalue weighted by Gasteiger charge is -2.62. The SMILES string of the molecule is C[C@H](OC(=O)c1ccccc1)[C@@H]1CC[C@@H]2[C@@H]3CC[C@@H]4C[C@H](OC(=O)c5ccccc5)CC[C@]4(C)[C@@H]3[C@H](O)C[C@]21C. The molecule has 0 heterocycles. The third-order valence-electron chi connectivity index (χ3n) is 11.8. The van der Waals surface area contributed by atoms with Crippen LogP contribution >= 0.6 is 0 Å². The number of benzene rings is 2. The molecule has 4 aliphatic carbocycles. The molecule has 4 saturated carbocycles. The van der Waals surface area contributed by atoms with Gasteiger partial charge in [-0.2, -0.15) is 0 Å². The fourth-order valence-corrected chi connectivity index (χ4v) is 9.95. The van der Waals surface area contributed by atoms with E-state index in [1.807, 2.05) is 55.5 Å². The van der Waals surface area contributed by atoms with Crippen molar-refractivity contribution in [1.29, 1.82) is 0 Å². The molecule has 4 fully saturated rings. The van der Waals surface area contributed by atoms with Gasteiger partial charge in [-0.15, -0.1) is 0 Å². The molecule has 0 saturated heterocycles. The summed E-state index contributed by atoms with van der Waals surface area (Å²) in [6.07, 6.45) is 7.33. The molecule has 1 N–H and O–H groups in total. The minimum atomic E-state index is -0.361. The maximum absolute atomic E-state index is 12.8. The van der Waals surface area contributed by atoms with Crippen molar-refractivity contribution in [3.05, 3.63) is 71.8 Å². The van der Waals surface area contributed by atoms with Gasteiger partial charge in [-0.05, 0) is 117 Å². The summed E-state index contributed by atoms with van der Waals surface area (Å²) in [6.45, 7) is 6.82. The Labute approximate surface area is 238 Å². The second-order valence-corrected chi connectivity index (χ2v) is 13.7. The van der Waals surface area contributed by atoms with Crippen molar-refractivity contribution >= 4 is 11.9 Å². The lowest BCUT2D eigenvalue weighted by Crippen LogP contribution is -2.59. The van der Waals surface area contributed by atoms with Crippen LogP contribution in [-0.2, 0) is 9.47 Å². The number of aliphatic hydroxyl groups excluding tert-OH is 1. The number of carbonyl (C=O) groups excluding carboxylic acids is 2. The van der Waals surface area contributed by atoms with Crippen LogP contribution in [-0.4, -0.2) is 35.4 Å². The number of carbonyl (C=O) groups is 2. The Balaban J connectivity index is 1.14.